The number of ether oxygens (including phenoxy) is 2. The molecule has 1 rings (SSSR count). The van der Waals surface area contributed by atoms with E-state index in [9.17, 15) is 9.59 Å². The minimum absolute atomic E-state index is 0.0302. The van der Waals surface area contributed by atoms with Crippen molar-refractivity contribution in [3.05, 3.63) is 0 Å². The molecule has 2 amide bonds. The second-order valence-electron chi connectivity index (χ2n) is 3.65. The van der Waals surface area contributed by atoms with Crippen molar-refractivity contribution in [3.8, 4) is 0 Å². The summed E-state index contributed by atoms with van der Waals surface area (Å²) in [5.74, 6) is 0. The Morgan fingerprint density at radius 3 is 1.44 bits per heavy atom. The van der Waals surface area contributed by atoms with Crippen LogP contribution in [0.3, 0.4) is 0 Å². The topological polar surface area (TPSA) is 99.5 Å². The largest absolute Gasteiger partial charge is 0.447 e. The minimum Gasteiger partial charge on any atom is -0.447 e. The van der Waals surface area contributed by atoms with Gasteiger partial charge < -0.3 is 29.5 Å². The van der Waals surface area contributed by atoms with Gasteiger partial charge in [-0.15, -0.1) is 0 Å². The summed E-state index contributed by atoms with van der Waals surface area (Å²) in [6, 6.07) is 0. The van der Waals surface area contributed by atoms with Crippen molar-refractivity contribution in [1.82, 2.24) is 9.80 Å². The Hall–Kier alpha value is -1.54. The minimum atomic E-state index is -0.493. The van der Waals surface area contributed by atoms with E-state index in [1.54, 1.807) is 0 Å². The summed E-state index contributed by atoms with van der Waals surface area (Å²) >= 11 is 0. The maximum absolute atomic E-state index is 11.4. The second kappa shape index (κ2) is 7.72. The van der Waals surface area contributed by atoms with E-state index in [0.717, 1.165) is 0 Å². The van der Waals surface area contributed by atoms with Crippen LogP contribution in [0.25, 0.3) is 0 Å². The summed E-state index contributed by atoms with van der Waals surface area (Å²) < 4.78 is 9.52. The fraction of sp³-hybridized carbons (Fsp3) is 0.800. The number of rotatable bonds is 4. The maximum atomic E-state index is 11.4. The molecule has 104 valence electrons. The molecule has 18 heavy (non-hydrogen) atoms. The summed E-state index contributed by atoms with van der Waals surface area (Å²) in [4.78, 5) is 25.8. The van der Waals surface area contributed by atoms with Crippen molar-refractivity contribution in [2.45, 2.75) is 0 Å². The van der Waals surface area contributed by atoms with Gasteiger partial charge >= 0.3 is 12.2 Å². The fourth-order valence-corrected chi connectivity index (χ4v) is 1.52. The lowest BCUT2D eigenvalue weighted by atomic mass is 10.3. The molecular formula is C10H18N2O6. The summed E-state index contributed by atoms with van der Waals surface area (Å²) in [7, 11) is 0. The molecule has 8 heteroatoms. The zero-order valence-electron chi connectivity index (χ0n) is 10.1. The third kappa shape index (κ3) is 4.38. The highest BCUT2D eigenvalue weighted by atomic mass is 16.6. The molecule has 0 aromatic heterocycles. The van der Waals surface area contributed by atoms with E-state index in [-0.39, 0.29) is 26.4 Å². The monoisotopic (exact) mass is 262 g/mol. The first-order valence-electron chi connectivity index (χ1n) is 5.74. The number of aliphatic hydroxyl groups is 2. The highest BCUT2D eigenvalue weighted by Gasteiger charge is 2.25. The van der Waals surface area contributed by atoms with Gasteiger partial charge in [0.15, 0.2) is 0 Å². The maximum Gasteiger partial charge on any atom is 0.409 e. The second-order valence-corrected chi connectivity index (χ2v) is 3.65. The Balaban J connectivity index is 2.27. The van der Waals surface area contributed by atoms with Crippen LogP contribution in [0.5, 0.6) is 0 Å². The molecule has 0 atom stereocenters. The first-order valence-corrected chi connectivity index (χ1v) is 5.74. The molecule has 1 aliphatic heterocycles. The zero-order valence-corrected chi connectivity index (χ0v) is 10.1. The average molecular weight is 262 g/mol. The predicted molar refractivity (Wildman–Crippen MR) is 60.0 cm³/mol. The molecule has 0 aromatic rings. The molecule has 0 aliphatic carbocycles. The molecule has 1 heterocycles. The Labute approximate surface area is 105 Å². The SMILES string of the molecule is O=C(OCCO)N1CCN(C(=O)OCCO)CC1. The molecule has 0 unspecified atom stereocenters. The van der Waals surface area contributed by atoms with Crippen LogP contribution < -0.4 is 0 Å². The van der Waals surface area contributed by atoms with Crippen molar-refractivity contribution in [3.63, 3.8) is 0 Å². The molecule has 0 bridgehead atoms. The quantitative estimate of drug-likeness (QED) is 0.664. The highest BCUT2D eigenvalue weighted by Crippen LogP contribution is 2.05. The van der Waals surface area contributed by atoms with Gasteiger partial charge in [-0.2, -0.15) is 0 Å². The van der Waals surface area contributed by atoms with Gasteiger partial charge in [0.05, 0.1) is 13.2 Å². The van der Waals surface area contributed by atoms with Gasteiger partial charge in [0.1, 0.15) is 13.2 Å². The summed E-state index contributed by atoms with van der Waals surface area (Å²) in [6.45, 7) is 0.960. The van der Waals surface area contributed by atoms with Crippen LogP contribution in [-0.4, -0.2) is 84.8 Å². The van der Waals surface area contributed by atoms with Crippen molar-refractivity contribution >= 4 is 12.2 Å². The third-order valence-corrected chi connectivity index (χ3v) is 2.43. The van der Waals surface area contributed by atoms with Crippen molar-refractivity contribution in [2.24, 2.45) is 0 Å². The number of amides is 2. The number of hydrogen-bond acceptors (Lipinski definition) is 6. The Kier molecular flexibility index (Phi) is 6.23. The van der Waals surface area contributed by atoms with Crippen LogP contribution in [0.15, 0.2) is 0 Å². The van der Waals surface area contributed by atoms with Crippen molar-refractivity contribution in [2.75, 3.05) is 52.6 Å². The highest BCUT2D eigenvalue weighted by molar-refractivity contribution is 5.70. The van der Waals surface area contributed by atoms with Crippen molar-refractivity contribution < 1.29 is 29.3 Å². The summed E-state index contributed by atoms with van der Waals surface area (Å²) in [5.41, 5.74) is 0. The van der Waals surface area contributed by atoms with Crippen LogP contribution in [0.1, 0.15) is 0 Å². The Morgan fingerprint density at radius 1 is 0.833 bits per heavy atom. The lowest BCUT2D eigenvalue weighted by molar-refractivity contribution is 0.0494. The number of aliphatic hydroxyl groups excluding tert-OH is 2. The lowest BCUT2D eigenvalue weighted by Crippen LogP contribution is -2.51. The molecule has 1 saturated heterocycles. The first kappa shape index (κ1) is 14.5. The number of hydrogen-bond donors (Lipinski definition) is 2. The molecule has 0 spiro atoms. The summed E-state index contributed by atoms with van der Waals surface area (Å²) in [6.07, 6.45) is -0.986. The normalized spacial score (nSPS) is 15.4. The molecule has 0 saturated carbocycles. The van der Waals surface area contributed by atoms with Crippen LogP contribution in [-0.2, 0) is 9.47 Å². The van der Waals surface area contributed by atoms with Gasteiger partial charge in [-0.1, -0.05) is 0 Å². The van der Waals surface area contributed by atoms with Crippen LogP contribution in [0.2, 0.25) is 0 Å². The Bertz CT molecular complexity index is 250. The smallest absolute Gasteiger partial charge is 0.409 e. The van der Waals surface area contributed by atoms with Gasteiger partial charge in [0, 0.05) is 26.2 Å². The van der Waals surface area contributed by atoms with Crippen molar-refractivity contribution in [1.29, 1.82) is 0 Å². The van der Waals surface area contributed by atoms with E-state index >= 15 is 0 Å². The first-order chi connectivity index (χ1) is 8.69. The van der Waals surface area contributed by atoms with Crippen LogP contribution in [0, 0.1) is 0 Å². The average Bonchev–Trinajstić information content (AvgIpc) is 2.42. The van der Waals surface area contributed by atoms with E-state index in [1.807, 2.05) is 0 Å². The Morgan fingerprint density at radius 2 is 1.17 bits per heavy atom. The third-order valence-electron chi connectivity index (χ3n) is 2.43. The van der Waals surface area contributed by atoms with Gasteiger partial charge in [-0.25, -0.2) is 9.59 Å². The standard InChI is InChI=1S/C10H18N2O6/c13-5-7-17-9(15)11-1-2-12(4-3-11)10(16)18-8-6-14/h13-14H,1-8H2. The van der Waals surface area contributed by atoms with Gasteiger partial charge in [-0.05, 0) is 0 Å². The number of piperazine rings is 1. The molecule has 0 radical (unpaired) electrons. The summed E-state index contributed by atoms with van der Waals surface area (Å²) in [5, 5.41) is 17.1. The van der Waals surface area contributed by atoms with E-state index in [1.165, 1.54) is 9.80 Å². The number of carbonyl (C=O) groups is 2. The molecule has 1 fully saturated rings. The molecule has 8 nitrogen and oxygen atoms in total. The van der Waals surface area contributed by atoms with E-state index in [4.69, 9.17) is 19.7 Å². The fourth-order valence-electron chi connectivity index (χ4n) is 1.52. The molecule has 1 aliphatic rings. The van der Waals surface area contributed by atoms with Gasteiger partial charge in [0.2, 0.25) is 0 Å². The molecule has 2 N–H and O–H groups in total. The van der Waals surface area contributed by atoms with E-state index < -0.39 is 12.2 Å². The number of carbonyl (C=O) groups excluding carboxylic acids is 2. The predicted octanol–water partition coefficient (Wildman–Crippen LogP) is -1.14. The lowest BCUT2D eigenvalue weighted by Gasteiger charge is -2.33. The van der Waals surface area contributed by atoms with Gasteiger partial charge in [-0.3, -0.25) is 0 Å². The van der Waals surface area contributed by atoms with Crippen LogP contribution in [0.4, 0.5) is 9.59 Å². The zero-order chi connectivity index (χ0) is 13.4. The van der Waals surface area contributed by atoms with Crippen LogP contribution >= 0.6 is 0 Å². The van der Waals surface area contributed by atoms with Gasteiger partial charge in [0.25, 0.3) is 0 Å². The van der Waals surface area contributed by atoms with E-state index in [2.05, 4.69) is 0 Å². The molecule has 0 aromatic carbocycles. The van der Waals surface area contributed by atoms with E-state index in [0.29, 0.717) is 26.2 Å². The molecular weight excluding hydrogens is 244 g/mol. The number of nitrogens with zero attached hydrogens (tertiary/aromatic N) is 2.